The molecule has 1 heterocycles. The van der Waals surface area contributed by atoms with Gasteiger partial charge in [-0.05, 0) is 37.3 Å². The lowest BCUT2D eigenvalue weighted by Gasteiger charge is -2.12. The molecule has 0 atom stereocenters. The van der Waals surface area contributed by atoms with E-state index < -0.39 is 5.56 Å². The Hall–Kier alpha value is -2.18. The van der Waals surface area contributed by atoms with Crippen molar-refractivity contribution in [3.8, 4) is 5.88 Å². The Morgan fingerprint density at radius 2 is 2.22 bits per heavy atom. The van der Waals surface area contributed by atoms with Gasteiger partial charge in [-0.3, -0.25) is 18.9 Å². The lowest BCUT2D eigenvalue weighted by Crippen LogP contribution is -2.28. The van der Waals surface area contributed by atoms with Crippen molar-refractivity contribution in [1.29, 1.82) is 0 Å². The molecule has 7 heteroatoms. The molecule has 0 amide bonds. The van der Waals surface area contributed by atoms with Crippen LogP contribution in [-0.4, -0.2) is 20.5 Å². The normalized spacial score (nSPS) is 11.1. The number of nitrogens with zero attached hydrogens (tertiary/aromatic N) is 3. The first-order valence-electron chi connectivity index (χ1n) is 6.78. The van der Waals surface area contributed by atoms with E-state index in [0.717, 1.165) is 5.57 Å². The molecule has 0 spiro atoms. The van der Waals surface area contributed by atoms with Crippen LogP contribution < -0.4 is 5.56 Å². The Morgan fingerprint density at radius 1 is 1.52 bits per heavy atom. The molecule has 0 bridgehead atoms. The van der Waals surface area contributed by atoms with E-state index in [4.69, 9.17) is 23.8 Å². The van der Waals surface area contributed by atoms with E-state index in [-0.39, 0.29) is 22.8 Å². The van der Waals surface area contributed by atoms with Gasteiger partial charge in [0.25, 0.3) is 5.56 Å². The highest BCUT2D eigenvalue weighted by molar-refractivity contribution is 7.71. The molecule has 120 valence electrons. The molecule has 0 unspecified atom stereocenters. The third-order valence-corrected chi connectivity index (χ3v) is 3.86. The Bertz CT molecular complexity index is 913. The van der Waals surface area contributed by atoms with Crippen molar-refractivity contribution >= 4 is 35.7 Å². The van der Waals surface area contributed by atoms with Gasteiger partial charge in [-0.2, -0.15) is 0 Å². The zero-order chi connectivity index (χ0) is 17.1. The van der Waals surface area contributed by atoms with Gasteiger partial charge in [0.1, 0.15) is 5.56 Å². The predicted octanol–water partition coefficient (Wildman–Crippen LogP) is 3.60. The fourth-order valence-electron chi connectivity index (χ4n) is 2.00. The summed E-state index contributed by atoms with van der Waals surface area (Å²) in [7, 11) is 1.59. The molecule has 0 radical (unpaired) electrons. The minimum absolute atomic E-state index is 0.0577. The van der Waals surface area contributed by atoms with Crippen molar-refractivity contribution < 1.29 is 5.11 Å². The van der Waals surface area contributed by atoms with E-state index in [1.54, 1.807) is 38.2 Å². The summed E-state index contributed by atoms with van der Waals surface area (Å²) in [4.78, 5) is 16.7. The Kier molecular flexibility index (Phi) is 5.18. The van der Waals surface area contributed by atoms with Crippen molar-refractivity contribution in [2.24, 2.45) is 12.0 Å². The van der Waals surface area contributed by atoms with Gasteiger partial charge in [0, 0.05) is 24.8 Å². The third kappa shape index (κ3) is 3.78. The average Bonchev–Trinajstić information content (AvgIpc) is 2.49. The van der Waals surface area contributed by atoms with E-state index in [2.05, 4.69) is 11.6 Å². The van der Waals surface area contributed by atoms with Crippen LogP contribution in [0.1, 0.15) is 12.5 Å². The molecule has 2 rings (SSSR count). The molecule has 0 aliphatic rings. The largest absolute Gasteiger partial charge is 0.494 e. The summed E-state index contributed by atoms with van der Waals surface area (Å²) < 4.78 is 2.95. The van der Waals surface area contributed by atoms with Crippen molar-refractivity contribution in [2.45, 2.75) is 13.5 Å². The SMILES string of the molecule is C=C(C)Cn1c(=O)c(C=Nc2cccc(Cl)c2)c(O)n(C)c1=S. The molecular weight excluding hydrogens is 334 g/mol. The highest BCUT2D eigenvalue weighted by atomic mass is 35.5. The third-order valence-electron chi connectivity index (χ3n) is 3.13. The summed E-state index contributed by atoms with van der Waals surface area (Å²) in [6.45, 7) is 5.87. The molecule has 0 aliphatic heterocycles. The van der Waals surface area contributed by atoms with Crippen LogP contribution in [-0.2, 0) is 13.6 Å². The predicted molar refractivity (Wildman–Crippen MR) is 95.7 cm³/mol. The van der Waals surface area contributed by atoms with E-state index in [1.165, 1.54) is 15.3 Å². The van der Waals surface area contributed by atoms with Gasteiger partial charge >= 0.3 is 0 Å². The van der Waals surface area contributed by atoms with E-state index >= 15 is 0 Å². The van der Waals surface area contributed by atoms with Crippen LogP contribution in [0.2, 0.25) is 5.02 Å². The highest BCUT2D eigenvalue weighted by Crippen LogP contribution is 2.18. The quantitative estimate of drug-likeness (QED) is 0.521. The number of benzene rings is 1. The summed E-state index contributed by atoms with van der Waals surface area (Å²) in [5.41, 5.74) is 0.996. The average molecular weight is 350 g/mol. The van der Waals surface area contributed by atoms with E-state index in [9.17, 15) is 9.90 Å². The maximum atomic E-state index is 12.6. The minimum Gasteiger partial charge on any atom is -0.494 e. The second kappa shape index (κ2) is 6.93. The van der Waals surface area contributed by atoms with Crippen LogP contribution in [0.5, 0.6) is 5.88 Å². The van der Waals surface area contributed by atoms with Gasteiger partial charge < -0.3 is 5.11 Å². The van der Waals surface area contributed by atoms with Crippen molar-refractivity contribution in [3.05, 3.63) is 62.1 Å². The number of aromatic nitrogens is 2. The van der Waals surface area contributed by atoms with E-state index in [0.29, 0.717) is 10.7 Å². The molecule has 2 aromatic rings. The smallest absolute Gasteiger partial charge is 0.267 e. The number of hydrogen-bond donors (Lipinski definition) is 1. The zero-order valence-corrected chi connectivity index (χ0v) is 14.4. The molecule has 1 aromatic carbocycles. The van der Waals surface area contributed by atoms with Gasteiger partial charge in [0.2, 0.25) is 5.88 Å². The second-order valence-electron chi connectivity index (χ2n) is 5.17. The molecule has 23 heavy (non-hydrogen) atoms. The van der Waals surface area contributed by atoms with E-state index in [1.807, 2.05) is 0 Å². The zero-order valence-electron chi connectivity index (χ0n) is 12.8. The number of allylic oxidation sites excluding steroid dienone is 1. The number of halogens is 1. The molecule has 0 aliphatic carbocycles. The Morgan fingerprint density at radius 3 is 2.83 bits per heavy atom. The summed E-state index contributed by atoms with van der Waals surface area (Å²) >= 11 is 11.1. The standard InChI is InChI=1S/C16H16ClN3O2S/c1-10(2)9-20-15(22)13(14(21)19(3)16(20)23)8-18-12-6-4-5-11(17)7-12/h4-8,21H,1,9H2,2-3H3. The first-order valence-corrected chi connectivity index (χ1v) is 7.56. The van der Waals surface area contributed by atoms with Crippen LogP contribution in [0, 0.1) is 4.77 Å². The van der Waals surface area contributed by atoms with Gasteiger partial charge in [-0.15, -0.1) is 0 Å². The van der Waals surface area contributed by atoms with Crippen LogP contribution in [0.15, 0.2) is 46.2 Å². The van der Waals surface area contributed by atoms with Crippen LogP contribution >= 0.6 is 23.8 Å². The molecule has 1 N–H and O–H groups in total. The number of hydrogen-bond acceptors (Lipinski definition) is 4. The Labute approximate surface area is 143 Å². The summed E-state index contributed by atoms with van der Waals surface area (Å²) in [5, 5.41) is 10.7. The number of rotatable bonds is 4. The second-order valence-corrected chi connectivity index (χ2v) is 5.97. The first-order chi connectivity index (χ1) is 10.8. The van der Waals surface area contributed by atoms with Gasteiger partial charge in [-0.1, -0.05) is 29.8 Å². The summed E-state index contributed by atoms with van der Waals surface area (Å²) in [6.07, 6.45) is 1.31. The molecule has 0 saturated carbocycles. The van der Waals surface area contributed by atoms with Crippen molar-refractivity contribution in [3.63, 3.8) is 0 Å². The topological polar surface area (TPSA) is 59.5 Å². The first kappa shape index (κ1) is 17.2. The lowest BCUT2D eigenvalue weighted by molar-refractivity contribution is 0.413. The number of aromatic hydroxyl groups is 1. The number of aliphatic imine (C=N–C) groups is 1. The fourth-order valence-corrected chi connectivity index (χ4v) is 2.42. The lowest BCUT2D eigenvalue weighted by atomic mass is 10.3. The molecule has 1 aromatic heterocycles. The van der Waals surface area contributed by atoms with Crippen LogP contribution in [0.4, 0.5) is 5.69 Å². The maximum absolute atomic E-state index is 12.6. The van der Waals surface area contributed by atoms with Crippen LogP contribution in [0.3, 0.4) is 0 Å². The minimum atomic E-state index is -0.417. The van der Waals surface area contributed by atoms with Gasteiger partial charge in [0.05, 0.1) is 5.69 Å². The van der Waals surface area contributed by atoms with Crippen LogP contribution in [0.25, 0.3) is 0 Å². The fraction of sp³-hybridized carbons (Fsp3) is 0.188. The highest BCUT2D eigenvalue weighted by Gasteiger charge is 2.13. The van der Waals surface area contributed by atoms with Crippen molar-refractivity contribution in [1.82, 2.24) is 9.13 Å². The molecule has 0 fully saturated rings. The molecule has 0 saturated heterocycles. The van der Waals surface area contributed by atoms with Crippen molar-refractivity contribution in [2.75, 3.05) is 0 Å². The maximum Gasteiger partial charge on any atom is 0.267 e. The molecular formula is C16H16ClN3O2S. The summed E-state index contributed by atoms with van der Waals surface area (Å²) in [6, 6.07) is 6.88. The molecule has 5 nitrogen and oxygen atoms in total. The van der Waals surface area contributed by atoms with Gasteiger partial charge in [0.15, 0.2) is 4.77 Å². The summed E-state index contributed by atoms with van der Waals surface area (Å²) in [5.74, 6) is -0.233. The Balaban J connectivity index is 2.58. The monoisotopic (exact) mass is 349 g/mol. The van der Waals surface area contributed by atoms with Gasteiger partial charge in [-0.25, -0.2) is 0 Å².